The molecular formula is C24H33FN4O2. The number of aliphatic imine (C=N–C) groups is 1. The minimum absolute atomic E-state index is 0.235. The van der Waals surface area contributed by atoms with Crippen LogP contribution in [0.2, 0.25) is 0 Å². The zero-order chi connectivity index (χ0) is 22.2. The van der Waals surface area contributed by atoms with Crippen LogP contribution in [0, 0.1) is 5.82 Å². The maximum absolute atomic E-state index is 14.7. The number of hydrogen-bond donors (Lipinski definition) is 2. The molecule has 0 amide bonds. The van der Waals surface area contributed by atoms with Gasteiger partial charge in [0.05, 0.1) is 25.4 Å². The van der Waals surface area contributed by atoms with E-state index in [0.29, 0.717) is 44.7 Å². The number of ether oxygens (including phenoxy) is 1. The number of halogens is 1. The van der Waals surface area contributed by atoms with Gasteiger partial charge in [-0.15, -0.1) is 0 Å². The van der Waals surface area contributed by atoms with Gasteiger partial charge in [-0.3, -0.25) is 0 Å². The first-order valence-corrected chi connectivity index (χ1v) is 10.8. The largest absolute Gasteiger partial charge is 0.497 e. The molecule has 3 rings (SSSR count). The molecule has 1 saturated heterocycles. The van der Waals surface area contributed by atoms with Gasteiger partial charge in [0.15, 0.2) is 5.96 Å². The molecule has 2 N–H and O–H groups in total. The van der Waals surface area contributed by atoms with E-state index in [1.807, 2.05) is 55.3 Å². The quantitative estimate of drug-likeness (QED) is 0.523. The van der Waals surface area contributed by atoms with Crippen molar-refractivity contribution < 1.29 is 14.2 Å². The molecule has 1 fully saturated rings. The summed E-state index contributed by atoms with van der Waals surface area (Å²) < 4.78 is 19.9. The van der Waals surface area contributed by atoms with E-state index in [1.165, 1.54) is 0 Å². The van der Waals surface area contributed by atoms with Crippen LogP contribution in [0.5, 0.6) is 5.75 Å². The summed E-state index contributed by atoms with van der Waals surface area (Å²) in [6, 6.07) is 13.3. The van der Waals surface area contributed by atoms with Gasteiger partial charge >= 0.3 is 0 Å². The van der Waals surface area contributed by atoms with Crippen molar-refractivity contribution in [3.63, 3.8) is 0 Å². The van der Waals surface area contributed by atoms with Gasteiger partial charge in [0, 0.05) is 33.2 Å². The maximum atomic E-state index is 14.7. The Hall–Kier alpha value is -2.80. The van der Waals surface area contributed by atoms with Gasteiger partial charge in [-0.2, -0.15) is 0 Å². The van der Waals surface area contributed by atoms with Gasteiger partial charge < -0.3 is 25.0 Å². The molecule has 6 nitrogen and oxygen atoms in total. The number of guanidine groups is 1. The molecule has 0 radical (unpaired) electrons. The highest BCUT2D eigenvalue weighted by atomic mass is 19.1. The Morgan fingerprint density at radius 2 is 1.87 bits per heavy atom. The van der Waals surface area contributed by atoms with Crippen molar-refractivity contribution in [2.75, 3.05) is 38.7 Å². The summed E-state index contributed by atoms with van der Waals surface area (Å²) in [6.45, 7) is 5.22. The van der Waals surface area contributed by atoms with E-state index < -0.39 is 0 Å². The highest BCUT2D eigenvalue weighted by Crippen LogP contribution is 2.24. The third-order valence-electron chi connectivity index (χ3n) is 5.50. The third kappa shape index (κ3) is 6.34. The molecule has 0 aliphatic carbocycles. The molecule has 0 saturated carbocycles. The molecule has 31 heavy (non-hydrogen) atoms. The van der Waals surface area contributed by atoms with Crippen LogP contribution in [0.15, 0.2) is 47.5 Å². The number of aliphatic hydroxyl groups is 1. The fraction of sp³-hybridized carbons (Fsp3) is 0.458. The number of rotatable bonds is 7. The second kappa shape index (κ2) is 11.0. The van der Waals surface area contributed by atoms with Crippen LogP contribution in [-0.4, -0.2) is 55.9 Å². The summed E-state index contributed by atoms with van der Waals surface area (Å²) in [4.78, 5) is 8.75. The first-order valence-electron chi connectivity index (χ1n) is 10.8. The lowest BCUT2D eigenvalue weighted by Crippen LogP contribution is -2.38. The SMILES string of the molecule is CCNC(=NCc1ccc(N2CCC(O)CC2)c(F)c1)N(C)Cc1ccc(OC)cc1. The average molecular weight is 429 g/mol. The average Bonchev–Trinajstić information content (AvgIpc) is 2.78. The highest BCUT2D eigenvalue weighted by molar-refractivity contribution is 5.79. The van der Waals surface area contributed by atoms with E-state index in [1.54, 1.807) is 13.2 Å². The van der Waals surface area contributed by atoms with E-state index in [9.17, 15) is 9.50 Å². The summed E-state index contributed by atoms with van der Waals surface area (Å²) in [5.74, 6) is 1.37. The van der Waals surface area contributed by atoms with Crippen LogP contribution in [0.3, 0.4) is 0 Å². The number of hydrogen-bond acceptors (Lipinski definition) is 4. The van der Waals surface area contributed by atoms with E-state index in [2.05, 4.69) is 10.2 Å². The van der Waals surface area contributed by atoms with Gasteiger partial charge in [-0.25, -0.2) is 9.38 Å². The van der Waals surface area contributed by atoms with Crippen LogP contribution in [0.4, 0.5) is 10.1 Å². The standard InChI is InChI=1S/C24H33FN4O2/c1-4-26-24(28(2)17-18-5-8-21(31-3)9-6-18)27-16-19-7-10-23(22(25)15-19)29-13-11-20(30)12-14-29/h5-10,15,20,30H,4,11-14,16-17H2,1-3H3,(H,26,27). The second-order valence-electron chi connectivity index (χ2n) is 7.88. The van der Waals surface area contributed by atoms with E-state index in [0.717, 1.165) is 29.4 Å². The predicted octanol–water partition coefficient (Wildman–Crippen LogP) is 3.39. The molecule has 168 valence electrons. The fourth-order valence-electron chi connectivity index (χ4n) is 3.73. The Bertz CT molecular complexity index is 864. The minimum Gasteiger partial charge on any atom is -0.497 e. The van der Waals surface area contributed by atoms with Gasteiger partial charge in [0.1, 0.15) is 11.6 Å². The lowest BCUT2D eigenvalue weighted by Gasteiger charge is -2.31. The molecule has 7 heteroatoms. The summed E-state index contributed by atoms with van der Waals surface area (Å²) in [5, 5.41) is 13.0. The van der Waals surface area contributed by atoms with Crippen LogP contribution in [0.25, 0.3) is 0 Å². The molecule has 1 aliphatic rings. The first-order chi connectivity index (χ1) is 15.0. The monoisotopic (exact) mass is 428 g/mol. The first kappa shape index (κ1) is 22.9. The van der Waals surface area contributed by atoms with Crippen LogP contribution in [-0.2, 0) is 13.1 Å². The van der Waals surface area contributed by atoms with Crippen LogP contribution < -0.4 is 15.0 Å². The molecule has 2 aromatic carbocycles. The van der Waals surface area contributed by atoms with Crippen molar-refractivity contribution >= 4 is 11.6 Å². The minimum atomic E-state index is -0.271. The Labute approximate surface area is 184 Å². The molecule has 0 spiro atoms. The number of nitrogens with zero attached hydrogens (tertiary/aromatic N) is 3. The molecular weight excluding hydrogens is 395 g/mol. The molecule has 1 aliphatic heterocycles. The van der Waals surface area contributed by atoms with Crippen LogP contribution >= 0.6 is 0 Å². The van der Waals surface area contributed by atoms with Crippen molar-refractivity contribution in [3.8, 4) is 5.75 Å². The lowest BCUT2D eigenvalue weighted by atomic mass is 10.1. The molecule has 0 aromatic heterocycles. The Kier molecular flexibility index (Phi) is 8.12. The number of methoxy groups -OCH3 is 1. The Balaban J connectivity index is 1.65. The maximum Gasteiger partial charge on any atom is 0.194 e. The van der Waals surface area contributed by atoms with Crippen molar-refractivity contribution in [2.45, 2.75) is 39.0 Å². The number of aliphatic hydroxyl groups excluding tert-OH is 1. The van der Waals surface area contributed by atoms with E-state index >= 15 is 0 Å². The topological polar surface area (TPSA) is 60.3 Å². The van der Waals surface area contributed by atoms with Crippen molar-refractivity contribution in [3.05, 3.63) is 59.4 Å². The smallest absolute Gasteiger partial charge is 0.194 e. The number of benzene rings is 2. The van der Waals surface area contributed by atoms with E-state index in [-0.39, 0.29) is 11.9 Å². The number of piperidine rings is 1. The van der Waals surface area contributed by atoms with Gasteiger partial charge in [-0.05, 0) is 55.2 Å². The predicted molar refractivity (Wildman–Crippen MR) is 123 cm³/mol. The number of anilines is 1. The summed E-state index contributed by atoms with van der Waals surface area (Å²) >= 11 is 0. The lowest BCUT2D eigenvalue weighted by molar-refractivity contribution is 0.145. The van der Waals surface area contributed by atoms with Gasteiger partial charge in [0.2, 0.25) is 0 Å². The molecule has 0 unspecified atom stereocenters. The van der Waals surface area contributed by atoms with E-state index in [4.69, 9.17) is 9.73 Å². The molecule has 2 aromatic rings. The van der Waals surface area contributed by atoms with Gasteiger partial charge in [-0.1, -0.05) is 18.2 Å². The molecule has 1 heterocycles. The summed E-state index contributed by atoms with van der Waals surface area (Å²) in [7, 11) is 3.64. The highest BCUT2D eigenvalue weighted by Gasteiger charge is 2.19. The molecule has 0 atom stereocenters. The second-order valence-corrected chi connectivity index (χ2v) is 7.88. The van der Waals surface area contributed by atoms with Crippen molar-refractivity contribution in [2.24, 2.45) is 4.99 Å². The van der Waals surface area contributed by atoms with Crippen LogP contribution in [0.1, 0.15) is 30.9 Å². The van der Waals surface area contributed by atoms with Gasteiger partial charge in [0.25, 0.3) is 0 Å². The summed E-state index contributed by atoms with van der Waals surface area (Å²) in [6.07, 6.45) is 1.09. The Morgan fingerprint density at radius 3 is 2.48 bits per heavy atom. The fourth-order valence-corrected chi connectivity index (χ4v) is 3.73. The normalized spacial score (nSPS) is 15.1. The van der Waals surface area contributed by atoms with Crippen molar-refractivity contribution in [1.29, 1.82) is 0 Å². The zero-order valence-electron chi connectivity index (χ0n) is 18.6. The third-order valence-corrected chi connectivity index (χ3v) is 5.50. The van der Waals surface area contributed by atoms with Crippen molar-refractivity contribution in [1.82, 2.24) is 10.2 Å². The summed E-state index contributed by atoms with van der Waals surface area (Å²) in [5.41, 5.74) is 2.57. The number of nitrogens with one attached hydrogen (secondary N) is 1. The zero-order valence-corrected chi connectivity index (χ0v) is 18.6. The molecule has 0 bridgehead atoms. The Morgan fingerprint density at radius 1 is 1.19 bits per heavy atom.